The maximum atomic E-state index is 9.72. The van der Waals surface area contributed by atoms with Gasteiger partial charge in [-0.2, -0.15) is 0 Å². The SMILES string of the molecule is COc1cc(O)cc(CCCCCCCC=CCCCCCCCc2cc(O)cc(OC)c2)c1. The van der Waals surface area contributed by atoms with Gasteiger partial charge in [0, 0.05) is 12.1 Å². The van der Waals surface area contributed by atoms with Crippen molar-refractivity contribution in [1.82, 2.24) is 0 Å². The highest BCUT2D eigenvalue weighted by Gasteiger charge is 2.02. The fourth-order valence-electron chi connectivity index (χ4n) is 4.29. The van der Waals surface area contributed by atoms with Gasteiger partial charge in [-0.05, 0) is 86.8 Å². The Labute approximate surface area is 206 Å². The highest BCUT2D eigenvalue weighted by Crippen LogP contribution is 2.24. The molecule has 0 aliphatic rings. The third-order valence-corrected chi connectivity index (χ3v) is 6.21. The van der Waals surface area contributed by atoms with Crippen molar-refractivity contribution in [3.8, 4) is 23.0 Å². The highest BCUT2D eigenvalue weighted by atomic mass is 16.5. The molecule has 2 aromatic carbocycles. The van der Waals surface area contributed by atoms with Crippen LogP contribution in [0.25, 0.3) is 0 Å². The molecule has 0 aliphatic carbocycles. The molecule has 0 aromatic heterocycles. The quantitative estimate of drug-likeness (QED) is 0.171. The molecule has 0 radical (unpaired) electrons. The predicted molar refractivity (Wildman–Crippen MR) is 141 cm³/mol. The number of methoxy groups -OCH3 is 2. The van der Waals surface area contributed by atoms with E-state index in [1.807, 2.05) is 24.3 Å². The van der Waals surface area contributed by atoms with E-state index in [-0.39, 0.29) is 11.5 Å². The minimum Gasteiger partial charge on any atom is -0.508 e. The standard InChI is InChI=1S/C30H44O4/c1-33-29-21-25(19-27(31)23-29)17-15-13-11-9-7-5-3-4-6-8-10-12-14-16-18-26-20-28(32)24-30(22-26)34-2/h3-4,19-24,31-32H,5-18H2,1-2H3. The van der Waals surface area contributed by atoms with E-state index in [9.17, 15) is 10.2 Å². The topological polar surface area (TPSA) is 58.9 Å². The molecule has 0 amide bonds. The van der Waals surface area contributed by atoms with Gasteiger partial charge >= 0.3 is 0 Å². The van der Waals surface area contributed by atoms with Crippen molar-refractivity contribution in [3.05, 3.63) is 59.7 Å². The number of aryl methyl sites for hydroxylation is 2. The number of rotatable bonds is 18. The second-order valence-corrected chi connectivity index (χ2v) is 9.16. The van der Waals surface area contributed by atoms with Crippen molar-refractivity contribution < 1.29 is 19.7 Å². The normalized spacial score (nSPS) is 11.2. The van der Waals surface area contributed by atoms with Gasteiger partial charge in [-0.1, -0.05) is 50.7 Å². The molecule has 4 heteroatoms. The highest BCUT2D eigenvalue weighted by molar-refractivity contribution is 5.38. The van der Waals surface area contributed by atoms with Crippen LogP contribution in [0.15, 0.2) is 48.6 Å². The second-order valence-electron chi connectivity index (χ2n) is 9.16. The Bertz CT molecular complexity index is 774. The van der Waals surface area contributed by atoms with Gasteiger partial charge in [-0.25, -0.2) is 0 Å². The van der Waals surface area contributed by atoms with Gasteiger partial charge in [0.05, 0.1) is 14.2 Å². The monoisotopic (exact) mass is 468 g/mol. The number of benzene rings is 2. The molecule has 0 spiro atoms. The smallest absolute Gasteiger partial charge is 0.122 e. The van der Waals surface area contributed by atoms with Gasteiger partial charge in [0.25, 0.3) is 0 Å². The fraction of sp³-hybridized carbons (Fsp3) is 0.533. The molecular formula is C30H44O4. The Kier molecular flexibility index (Phi) is 13.7. The van der Waals surface area contributed by atoms with E-state index >= 15 is 0 Å². The molecular weight excluding hydrogens is 424 g/mol. The molecule has 0 saturated carbocycles. The lowest BCUT2D eigenvalue weighted by Crippen LogP contribution is -1.89. The van der Waals surface area contributed by atoms with Crippen molar-refractivity contribution >= 4 is 0 Å². The van der Waals surface area contributed by atoms with Gasteiger partial charge in [0.2, 0.25) is 0 Å². The summed E-state index contributed by atoms with van der Waals surface area (Å²) in [6.45, 7) is 0. The second kappa shape index (κ2) is 16.9. The maximum absolute atomic E-state index is 9.72. The number of unbranched alkanes of at least 4 members (excludes halogenated alkanes) is 10. The van der Waals surface area contributed by atoms with Crippen LogP contribution in [0, 0.1) is 0 Å². The summed E-state index contributed by atoms with van der Waals surface area (Å²) in [4.78, 5) is 0. The van der Waals surface area contributed by atoms with Crippen molar-refractivity contribution in [2.45, 2.75) is 89.9 Å². The molecule has 2 rings (SSSR count). The number of phenols is 2. The summed E-state index contributed by atoms with van der Waals surface area (Å²) in [5, 5.41) is 19.4. The zero-order valence-electron chi connectivity index (χ0n) is 21.2. The van der Waals surface area contributed by atoms with Gasteiger partial charge in [0.1, 0.15) is 23.0 Å². The van der Waals surface area contributed by atoms with Crippen molar-refractivity contribution in [3.63, 3.8) is 0 Å². The van der Waals surface area contributed by atoms with Crippen LogP contribution in [0.2, 0.25) is 0 Å². The van der Waals surface area contributed by atoms with Gasteiger partial charge in [-0.15, -0.1) is 0 Å². The number of hydrogen-bond acceptors (Lipinski definition) is 4. The van der Waals surface area contributed by atoms with Crippen LogP contribution in [0.1, 0.15) is 88.2 Å². The Balaban J connectivity index is 1.38. The summed E-state index contributed by atoms with van der Waals surface area (Å²) >= 11 is 0. The van der Waals surface area contributed by atoms with Gasteiger partial charge < -0.3 is 19.7 Å². The molecule has 0 bridgehead atoms. The van der Waals surface area contributed by atoms with E-state index in [1.54, 1.807) is 26.4 Å². The first-order chi connectivity index (χ1) is 16.6. The lowest BCUT2D eigenvalue weighted by atomic mass is 10.0. The maximum Gasteiger partial charge on any atom is 0.122 e. The van der Waals surface area contributed by atoms with E-state index in [0.717, 1.165) is 48.3 Å². The first-order valence-corrected chi connectivity index (χ1v) is 13.0. The van der Waals surface area contributed by atoms with E-state index in [2.05, 4.69) is 12.2 Å². The van der Waals surface area contributed by atoms with E-state index in [0.29, 0.717) is 0 Å². The van der Waals surface area contributed by atoms with Crippen LogP contribution in [0.5, 0.6) is 23.0 Å². The van der Waals surface area contributed by atoms with Gasteiger partial charge in [-0.3, -0.25) is 0 Å². The zero-order chi connectivity index (χ0) is 24.4. The third kappa shape index (κ3) is 12.0. The molecule has 2 aromatic rings. The summed E-state index contributed by atoms with van der Waals surface area (Å²) in [5.74, 6) is 2.03. The van der Waals surface area contributed by atoms with Crippen LogP contribution < -0.4 is 9.47 Å². The minimum absolute atomic E-state index is 0.285. The van der Waals surface area contributed by atoms with Crippen LogP contribution in [0.4, 0.5) is 0 Å². The molecule has 0 unspecified atom stereocenters. The molecule has 0 heterocycles. The van der Waals surface area contributed by atoms with Crippen molar-refractivity contribution in [2.24, 2.45) is 0 Å². The molecule has 2 N–H and O–H groups in total. The van der Waals surface area contributed by atoms with Crippen LogP contribution in [-0.4, -0.2) is 24.4 Å². The zero-order valence-corrected chi connectivity index (χ0v) is 21.2. The summed E-state index contributed by atoms with van der Waals surface area (Å²) in [6, 6.07) is 11.0. The minimum atomic E-state index is 0.285. The van der Waals surface area contributed by atoms with E-state index in [4.69, 9.17) is 9.47 Å². The number of allylic oxidation sites excluding steroid dienone is 2. The molecule has 0 fully saturated rings. The summed E-state index contributed by atoms with van der Waals surface area (Å²) in [7, 11) is 3.27. The molecule has 34 heavy (non-hydrogen) atoms. The van der Waals surface area contributed by atoms with Crippen LogP contribution in [0.3, 0.4) is 0 Å². The van der Waals surface area contributed by atoms with E-state index < -0.39 is 0 Å². The molecule has 0 saturated heterocycles. The van der Waals surface area contributed by atoms with Gasteiger partial charge in [0.15, 0.2) is 0 Å². The number of hydrogen-bond donors (Lipinski definition) is 2. The van der Waals surface area contributed by atoms with Crippen LogP contribution >= 0.6 is 0 Å². The molecule has 0 aliphatic heterocycles. The average molecular weight is 469 g/mol. The number of phenolic OH excluding ortho intramolecular Hbond substituents is 2. The Morgan fingerprint density at radius 1 is 0.529 bits per heavy atom. The lowest BCUT2D eigenvalue weighted by Gasteiger charge is -2.06. The summed E-state index contributed by atoms with van der Waals surface area (Å²) < 4.78 is 10.4. The largest absolute Gasteiger partial charge is 0.508 e. The summed E-state index contributed by atoms with van der Waals surface area (Å²) in [6.07, 6.45) is 21.6. The molecule has 188 valence electrons. The molecule has 0 atom stereocenters. The Morgan fingerprint density at radius 2 is 0.912 bits per heavy atom. The third-order valence-electron chi connectivity index (χ3n) is 6.21. The van der Waals surface area contributed by atoms with Crippen molar-refractivity contribution in [2.75, 3.05) is 14.2 Å². The fourth-order valence-corrected chi connectivity index (χ4v) is 4.29. The Hall–Kier alpha value is -2.62. The van der Waals surface area contributed by atoms with E-state index in [1.165, 1.54) is 64.2 Å². The lowest BCUT2D eigenvalue weighted by molar-refractivity contribution is 0.406. The summed E-state index contributed by atoms with van der Waals surface area (Å²) in [5.41, 5.74) is 2.30. The molecule has 4 nitrogen and oxygen atoms in total. The Morgan fingerprint density at radius 3 is 1.32 bits per heavy atom. The van der Waals surface area contributed by atoms with Crippen molar-refractivity contribution in [1.29, 1.82) is 0 Å². The first kappa shape index (κ1) is 27.6. The predicted octanol–water partition coefficient (Wildman–Crippen LogP) is 8.14. The average Bonchev–Trinajstić information content (AvgIpc) is 2.83. The van der Waals surface area contributed by atoms with Crippen LogP contribution in [-0.2, 0) is 12.8 Å². The number of aromatic hydroxyl groups is 2. The number of ether oxygens (including phenoxy) is 2. The first-order valence-electron chi connectivity index (χ1n) is 13.0.